The Morgan fingerprint density at radius 2 is 0.551 bits per heavy atom. The van der Waals surface area contributed by atoms with Crippen molar-refractivity contribution < 1.29 is 80.2 Å². The Morgan fingerprint density at radius 3 is 0.837 bits per heavy atom. The molecule has 2 unspecified atom stereocenters. The minimum absolute atomic E-state index is 0.102. The maximum absolute atomic E-state index is 13.1. The third-order valence-corrected chi connectivity index (χ3v) is 19.8. The van der Waals surface area contributed by atoms with E-state index in [0.717, 1.165) is 115 Å². The smallest absolute Gasteiger partial charge is 0.462 e. The number of hydrogen-bond acceptors (Lipinski definition) is 15. The molecule has 0 saturated carbocycles. The molecule has 0 fully saturated rings. The van der Waals surface area contributed by atoms with E-state index < -0.39 is 97.5 Å². The predicted octanol–water partition coefficient (Wildman–Crippen LogP) is 23.2. The minimum atomic E-state index is -4.97. The van der Waals surface area contributed by atoms with Crippen molar-refractivity contribution in [3.63, 3.8) is 0 Å². The van der Waals surface area contributed by atoms with Crippen molar-refractivity contribution in [2.45, 2.75) is 412 Å². The lowest BCUT2D eigenvalue weighted by molar-refractivity contribution is -0.161. The van der Waals surface area contributed by atoms with Crippen molar-refractivity contribution in [3.8, 4) is 0 Å². The average Bonchev–Trinajstić information content (AvgIpc) is 1.08. The van der Waals surface area contributed by atoms with E-state index in [0.29, 0.717) is 25.7 Å². The van der Waals surface area contributed by atoms with Gasteiger partial charge in [-0.15, -0.1) is 0 Å². The highest BCUT2D eigenvalue weighted by Gasteiger charge is 2.30. The van der Waals surface area contributed by atoms with E-state index in [1.807, 2.05) is 0 Å². The molecule has 0 bridgehead atoms. The van der Waals surface area contributed by atoms with Crippen LogP contribution in [0.5, 0.6) is 0 Å². The van der Waals surface area contributed by atoms with Crippen LogP contribution in [0.2, 0.25) is 0 Å². The topological polar surface area (TPSA) is 237 Å². The predicted molar refractivity (Wildman–Crippen MR) is 400 cm³/mol. The number of carbonyl (C=O) groups excluding carboxylic acids is 4. The molecule has 98 heavy (non-hydrogen) atoms. The van der Waals surface area contributed by atoms with Crippen molar-refractivity contribution in [1.82, 2.24) is 0 Å². The summed E-state index contributed by atoms with van der Waals surface area (Å²) >= 11 is 0. The van der Waals surface area contributed by atoms with Crippen LogP contribution in [0.3, 0.4) is 0 Å². The molecule has 0 aliphatic rings. The first kappa shape index (κ1) is 95.5. The molecule has 17 nitrogen and oxygen atoms in total. The normalized spacial score (nSPS) is 14.1. The summed E-state index contributed by atoms with van der Waals surface area (Å²) in [6.45, 7) is 7.24. The van der Waals surface area contributed by atoms with Crippen molar-refractivity contribution in [2.75, 3.05) is 39.6 Å². The van der Waals surface area contributed by atoms with Gasteiger partial charge in [-0.1, -0.05) is 341 Å². The lowest BCUT2D eigenvalue weighted by Gasteiger charge is -2.21. The molecular weight excluding hydrogens is 1280 g/mol. The molecule has 0 aromatic rings. The summed E-state index contributed by atoms with van der Waals surface area (Å²) in [5, 5.41) is 10.6. The van der Waals surface area contributed by atoms with Gasteiger partial charge in [0.05, 0.1) is 26.4 Å². The van der Waals surface area contributed by atoms with Gasteiger partial charge < -0.3 is 33.8 Å². The molecule has 578 valence electrons. The first-order valence-electron chi connectivity index (χ1n) is 40.5. The Morgan fingerprint density at radius 1 is 0.316 bits per heavy atom. The van der Waals surface area contributed by atoms with E-state index in [4.69, 9.17) is 37.0 Å². The highest BCUT2D eigenvalue weighted by molar-refractivity contribution is 7.47. The molecule has 5 atom stereocenters. The number of carbonyl (C=O) groups is 4. The minimum Gasteiger partial charge on any atom is -0.462 e. The molecule has 0 aliphatic heterocycles. The number of unbranched alkanes of at least 4 members (excludes halogenated alkanes) is 46. The van der Waals surface area contributed by atoms with Crippen molar-refractivity contribution in [1.29, 1.82) is 0 Å². The van der Waals surface area contributed by atoms with Gasteiger partial charge >= 0.3 is 39.5 Å². The fourth-order valence-corrected chi connectivity index (χ4v) is 13.3. The number of phosphoric ester groups is 2. The molecule has 0 saturated heterocycles. The quantitative estimate of drug-likeness (QED) is 0.0169. The number of allylic oxidation sites excluding steroid dienone is 4. The van der Waals surface area contributed by atoms with Gasteiger partial charge in [-0.05, 0) is 57.3 Å². The summed E-state index contributed by atoms with van der Waals surface area (Å²) in [6, 6.07) is 0. The van der Waals surface area contributed by atoms with E-state index >= 15 is 0 Å². The van der Waals surface area contributed by atoms with Gasteiger partial charge in [0.15, 0.2) is 12.2 Å². The lowest BCUT2D eigenvalue weighted by atomic mass is 10.0. The zero-order valence-electron chi connectivity index (χ0n) is 63.4. The fraction of sp³-hybridized carbons (Fsp3) is 0.899. The van der Waals surface area contributed by atoms with Crippen LogP contribution in [-0.2, 0) is 65.4 Å². The van der Waals surface area contributed by atoms with Crippen molar-refractivity contribution in [2.24, 2.45) is 5.92 Å². The Bertz CT molecular complexity index is 1970. The molecule has 0 rings (SSSR count). The zero-order chi connectivity index (χ0) is 71.9. The Labute approximate surface area is 599 Å². The summed E-state index contributed by atoms with van der Waals surface area (Å²) < 4.78 is 68.6. The molecule has 0 radical (unpaired) electrons. The van der Waals surface area contributed by atoms with Crippen LogP contribution in [-0.4, -0.2) is 96.7 Å². The van der Waals surface area contributed by atoms with Crippen molar-refractivity contribution >= 4 is 39.5 Å². The highest BCUT2D eigenvalue weighted by atomic mass is 31.2. The third kappa shape index (κ3) is 71.9. The van der Waals surface area contributed by atoms with Crippen LogP contribution < -0.4 is 0 Å². The summed E-state index contributed by atoms with van der Waals surface area (Å²) in [7, 11) is -9.93. The first-order chi connectivity index (χ1) is 47.5. The standard InChI is InChI=1S/C79H150O17P2/c1-6-9-12-15-18-21-24-27-29-30-31-33-35-38-44-49-54-59-64-78(83)95-74(68-90-77(82)63-58-53-48-43-37-34-32-28-25-22-19-16-13-10-7-2)70-93-97(85,86)91-66-73(80)67-92-98(87,88)94-71-75(69-89-76(81)62-57-52-47-42-36-26-23-20-17-14-11-8-3)96-79(84)65-60-55-50-45-40-39-41-46-51-56-61-72(4)5/h22,25,28,32,72-75,80H,6-21,23-24,26-27,29-31,33-71H2,1-5H3,(H,85,86)(H,87,88)/b25-22-,32-28-/t73-,74-,75-/m1/s1. The van der Waals surface area contributed by atoms with Crippen LogP contribution in [0, 0.1) is 5.92 Å². The number of rotatable bonds is 77. The summed E-state index contributed by atoms with van der Waals surface area (Å²) in [5.74, 6) is -1.39. The van der Waals surface area contributed by atoms with E-state index in [9.17, 15) is 43.2 Å². The number of ether oxygens (including phenoxy) is 4. The van der Waals surface area contributed by atoms with Crippen LogP contribution in [0.1, 0.15) is 394 Å². The van der Waals surface area contributed by atoms with Crippen LogP contribution in [0.25, 0.3) is 0 Å². The van der Waals surface area contributed by atoms with Gasteiger partial charge in [0.25, 0.3) is 0 Å². The van der Waals surface area contributed by atoms with E-state index in [1.54, 1.807) is 0 Å². The van der Waals surface area contributed by atoms with Crippen LogP contribution in [0.15, 0.2) is 24.3 Å². The number of aliphatic hydroxyl groups is 1. The second kappa shape index (κ2) is 71.5. The molecule has 3 N–H and O–H groups in total. The van der Waals surface area contributed by atoms with Gasteiger partial charge in [-0.25, -0.2) is 9.13 Å². The van der Waals surface area contributed by atoms with Gasteiger partial charge in [0, 0.05) is 25.7 Å². The monoisotopic (exact) mass is 1430 g/mol. The molecule has 0 amide bonds. The van der Waals surface area contributed by atoms with Gasteiger partial charge in [-0.2, -0.15) is 0 Å². The fourth-order valence-electron chi connectivity index (χ4n) is 11.7. The Hall–Kier alpha value is -2.46. The van der Waals surface area contributed by atoms with Crippen LogP contribution >= 0.6 is 15.6 Å². The molecule has 0 spiro atoms. The number of aliphatic hydroxyl groups excluding tert-OH is 1. The number of phosphoric acid groups is 2. The SMILES string of the molecule is CCCCCC/C=C\C=C/CCCCCCCC(=O)OC[C@H](COP(=O)(O)OC[C@@H](O)COP(=O)(O)OC[C@@H](COC(=O)CCCCCCCCCCCCCC)OC(=O)CCCCCCCCCCCCC(C)C)OC(=O)CCCCCCCCCCCCCCCCCCCC. The maximum atomic E-state index is 13.1. The molecule has 19 heteroatoms. The molecule has 0 heterocycles. The van der Waals surface area contributed by atoms with E-state index in [1.165, 1.54) is 199 Å². The first-order valence-corrected chi connectivity index (χ1v) is 43.4. The lowest BCUT2D eigenvalue weighted by Crippen LogP contribution is -2.30. The van der Waals surface area contributed by atoms with E-state index in [-0.39, 0.29) is 25.7 Å². The zero-order valence-corrected chi connectivity index (χ0v) is 65.2. The number of hydrogen-bond donors (Lipinski definition) is 3. The Balaban J connectivity index is 5.29. The molecular formula is C79H150O17P2. The largest absolute Gasteiger partial charge is 0.472 e. The molecule has 0 aromatic heterocycles. The maximum Gasteiger partial charge on any atom is 0.472 e. The summed E-state index contributed by atoms with van der Waals surface area (Å²) in [5.41, 5.74) is 0. The second-order valence-corrected chi connectivity index (χ2v) is 31.2. The third-order valence-electron chi connectivity index (χ3n) is 17.9. The van der Waals surface area contributed by atoms with Gasteiger partial charge in [0.2, 0.25) is 0 Å². The molecule has 0 aromatic carbocycles. The Kier molecular flexibility index (Phi) is 69.7. The summed E-state index contributed by atoms with van der Waals surface area (Å²) in [4.78, 5) is 72.9. The number of esters is 4. The molecule has 0 aliphatic carbocycles. The second-order valence-electron chi connectivity index (χ2n) is 28.2. The van der Waals surface area contributed by atoms with Crippen molar-refractivity contribution in [3.05, 3.63) is 24.3 Å². The van der Waals surface area contributed by atoms with Crippen LogP contribution in [0.4, 0.5) is 0 Å². The average molecular weight is 1430 g/mol. The van der Waals surface area contributed by atoms with Gasteiger partial charge in [-0.3, -0.25) is 37.3 Å². The van der Waals surface area contributed by atoms with Gasteiger partial charge in [0.1, 0.15) is 19.3 Å². The summed E-state index contributed by atoms with van der Waals surface area (Å²) in [6.07, 6.45) is 64.5. The van der Waals surface area contributed by atoms with E-state index in [2.05, 4.69) is 58.9 Å². The highest BCUT2D eigenvalue weighted by Crippen LogP contribution is 2.45.